The number of carbonyl (C=O) groups excluding carboxylic acids is 3. The van der Waals surface area contributed by atoms with Crippen molar-refractivity contribution >= 4 is 17.9 Å². The van der Waals surface area contributed by atoms with Crippen LogP contribution in [0.4, 0.5) is 0 Å². The lowest BCUT2D eigenvalue weighted by atomic mass is 10.0. The number of carboxylic acid groups (broad SMARTS) is 1. The summed E-state index contributed by atoms with van der Waals surface area (Å²) in [6, 6.07) is 0. The molecule has 0 saturated carbocycles. The van der Waals surface area contributed by atoms with Gasteiger partial charge in [0.05, 0.1) is 40.3 Å². The Bertz CT molecular complexity index is 2060. The molecule has 9 heteroatoms. The molecule has 0 saturated heterocycles. The zero-order valence-corrected chi connectivity index (χ0v) is 63.7. The van der Waals surface area contributed by atoms with Gasteiger partial charge in [-0.1, -0.05) is 359 Å². The van der Waals surface area contributed by atoms with Crippen LogP contribution in [0.2, 0.25) is 0 Å². The van der Waals surface area contributed by atoms with E-state index in [1.54, 1.807) is 0 Å². The minimum absolute atomic E-state index is 0.145. The number of carbonyl (C=O) groups is 3. The van der Waals surface area contributed by atoms with E-state index in [1.165, 1.54) is 205 Å². The smallest absolute Gasteiger partial charge is 0.306 e. The van der Waals surface area contributed by atoms with E-state index in [4.69, 9.17) is 18.9 Å². The number of esters is 2. The van der Waals surface area contributed by atoms with E-state index in [-0.39, 0.29) is 32.2 Å². The largest absolute Gasteiger partial charge is 0.545 e. The molecule has 0 aliphatic rings. The van der Waals surface area contributed by atoms with Gasteiger partial charge in [-0.3, -0.25) is 9.59 Å². The van der Waals surface area contributed by atoms with Gasteiger partial charge in [0.2, 0.25) is 0 Å². The van der Waals surface area contributed by atoms with E-state index < -0.39 is 24.3 Å². The fourth-order valence-corrected chi connectivity index (χ4v) is 11.3. The first-order valence-electron chi connectivity index (χ1n) is 40.3. The van der Waals surface area contributed by atoms with Gasteiger partial charge < -0.3 is 33.3 Å². The summed E-state index contributed by atoms with van der Waals surface area (Å²) in [4.78, 5) is 37.6. The highest BCUT2D eigenvalue weighted by Gasteiger charge is 2.22. The van der Waals surface area contributed by atoms with Crippen LogP contribution in [0.15, 0.2) is 134 Å². The standard InChI is InChI=1S/C88H151NO8/c1-6-8-10-12-14-16-18-20-22-24-26-28-30-32-34-36-38-40-41-42-43-44-45-47-49-51-53-55-57-59-61-63-65-67-69-71-73-75-77-79-86(91)97-84(83-96-88(87(92)93)94-81-80-89(3,4)5)82-95-85(90)78-76-74-72-70-68-66-64-62-60-58-56-54-52-50-48-46-39-37-35-33-31-29-27-25-23-21-19-17-15-13-11-9-7-2/h8-11,14-17,20-23,26-29,32,34,38,40,42-43,84,88H,6-7,12-13,18-19,24-25,30-31,33,35-37,39,41,44-83H2,1-5H3/b10-8-,11-9-,16-14-,17-15-,22-20-,23-21-,28-26-,29-27-,34-32-,40-38-,43-42-. The number of carboxylic acids is 1. The maximum Gasteiger partial charge on any atom is 0.306 e. The summed E-state index contributed by atoms with van der Waals surface area (Å²) in [6.07, 6.45) is 109. The highest BCUT2D eigenvalue weighted by atomic mass is 16.7. The third-order valence-corrected chi connectivity index (χ3v) is 17.4. The van der Waals surface area contributed by atoms with E-state index in [2.05, 4.69) is 148 Å². The van der Waals surface area contributed by atoms with Gasteiger partial charge in [-0.15, -0.1) is 0 Å². The number of unbranched alkanes of at least 4 members (excludes halogenated alkanes) is 37. The lowest BCUT2D eigenvalue weighted by Crippen LogP contribution is -2.44. The van der Waals surface area contributed by atoms with Crippen molar-refractivity contribution in [1.82, 2.24) is 0 Å². The quantitative estimate of drug-likeness (QED) is 0.0195. The average molecular weight is 1350 g/mol. The van der Waals surface area contributed by atoms with E-state index in [9.17, 15) is 19.5 Å². The summed E-state index contributed by atoms with van der Waals surface area (Å²) < 4.78 is 22.9. The number of hydrogen-bond donors (Lipinski definition) is 0. The average Bonchev–Trinajstić information content (AvgIpc) is 2.39. The summed E-state index contributed by atoms with van der Waals surface area (Å²) in [5.41, 5.74) is 0. The molecule has 0 rings (SSSR count). The van der Waals surface area contributed by atoms with Crippen LogP contribution >= 0.6 is 0 Å². The van der Waals surface area contributed by atoms with Crippen LogP contribution < -0.4 is 5.11 Å². The number of aliphatic carboxylic acids is 1. The van der Waals surface area contributed by atoms with Gasteiger partial charge in [-0.25, -0.2) is 0 Å². The first-order chi connectivity index (χ1) is 47.6. The van der Waals surface area contributed by atoms with Gasteiger partial charge in [-0.2, -0.15) is 0 Å². The Kier molecular flexibility index (Phi) is 73.5. The highest BCUT2D eigenvalue weighted by molar-refractivity contribution is 5.70. The SMILES string of the molecule is CC/C=C\C/C=C\C/C=C\C/C=C\C/C=C\C/C=C\C/C=C\CCCCCCCCCCCCCCCCCCCC(=O)OC(COC(=O)CCCCCCCCCCCCCCCCCCCCCC/C=C\C/C=C\C/C=C\C/C=C\CC)COC(OCC[N+](C)(C)C)C(=O)[O-]. The normalized spacial score (nSPS) is 13.4. The van der Waals surface area contributed by atoms with Crippen LogP contribution in [0.25, 0.3) is 0 Å². The zero-order chi connectivity index (χ0) is 70.4. The van der Waals surface area contributed by atoms with Gasteiger partial charge in [0.15, 0.2) is 12.4 Å². The number of rotatable bonds is 74. The molecule has 2 atom stereocenters. The Morgan fingerprint density at radius 1 is 0.309 bits per heavy atom. The van der Waals surface area contributed by atoms with Crippen molar-refractivity contribution in [3.63, 3.8) is 0 Å². The predicted molar refractivity (Wildman–Crippen MR) is 416 cm³/mol. The van der Waals surface area contributed by atoms with Crippen molar-refractivity contribution in [3.05, 3.63) is 134 Å². The maximum atomic E-state index is 13.0. The molecule has 0 fully saturated rings. The third kappa shape index (κ3) is 78.6. The predicted octanol–water partition coefficient (Wildman–Crippen LogP) is 24.7. The summed E-state index contributed by atoms with van der Waals surface area (Å²) in [5.74, 6) is -2.27. The minimum atomic E-state index is -1.63. The first kappa shape index (κ1) is 92.4. The minimum Gasteiger partial charge on any atom is -0.545 e. The Labute approximate surface area is 599 Å². The fourth-order valence-electron chi connectivity index (χ4n) is 11.3. The Morgan fingerprint density at radius 2 is 0.557 bits per heavy atom. The molecule has 0 bridgehead atoms. The van der Waals surface area contributed by atoms with Gasteiger partial charge in [0, 0.05) is 12.8 Å². The molecule has 0 aromatic carbocycles. The number of quaternary nitrogens is 1. The van der Waals surface area contributed by atoms with Gasteiger partial charge in [0.1, 0.15) is 13.2 Å². The number of likely N-dealkylation sites (N-methyl/N-ethyl adjacent to an activating group) is 1. The molecule has 0 N–H and O–H groups in total. The van der Waals surface area contributed by atoms with E-state index in [0.29, 0.717) is 23.9 Å². The molecule has 0 amide bonds. The molecule has 0 spiro atoms. The van der Waals surface area contributed by atoms with Crippen molar-refractivity contribution in [2.24, 2.45) is 0 Å². The second-order valence-electron chi connectivity index (χ2n) is 27.9. The maximum absolute atomic E-state index is 13.0. The first-order valence-corrected chi connectivity index (χ1v) is 40.3. The van der Waals surface area contributed by atoms with Crippen molar-refractivity contribution in [2.45, 2.75) is 360 Å². The molecule has 9 nitrogen and oxygen atoms in total. The topological polar surface area (TPSA) is 111 Å². The molecule has 0 aromatic heterocycles. The molecule has 0 aromatic rings. The molecule has 0 aliphatic carbocycles. The summed E-state index contributed by atoms with van der Waals surface area (Å²) in [5, 5.41) is 11.9. The molecule has 0 aliphatic heterocycles. The molecule has 2 unspecified atom stereocenters. The summed E-state index contributed by atoms with van der Waals surface area (Å²) in [7, 11) is 5.94. The lowest BCUT2D eigenvalue weighted by Gasteiger charge is -2.26. The fraction of sp³-hybridized carbons (Fsp3) is 0.716. The summed E-state index contributed by atoms with van der Waals surface area (Å²) in [6.45, 7) is 4.56. The van der Waals surface area contributed by atoms with E-state index in [1.807, 2.05) is 21.1 Å². The third-order valence-electron chi connectivity index (χ3n) is 17.4. The Balaban J connectivity index is 4.02. The number of hydrogen-bond acceptors (Lipinski definition) is 8. The van der Waals surface area contributed by atoms with Crippen molar-refractivity contribution in [1.29, 1.82) is 0 Å². The van der Waals surface area contributed by atoms with E-state index in [0.717, 1.165) is 109 Å². The van der Waals surface area contributed by atoms with Crippen molar-refractivity contribution < 1.29 is 42.9 Å². The Hall–Kier alpha value is -4.57. The number of nitrogens with zero attached hydrogens (tertiary/aromatic N) is 1. The van der Waals surface area contributed by atoms with Crippen molar-refractivity contribution in [2.75, 3.05) is 47.5 Å². The van der Waals surface area contributed by atoms with Crippen LogP contribution in [-0.2, 0) is 33.3 Å². The molecule has 0 radical (unpaired) electrons. The van der Waals surface area contributed by atoms with Crippen LogP contribution in [0.5, 0.6) is 0 Å². The van der Waals surface area contributed by atoms with Crippen LogP contribution in [0.3, 0.4) is 0 Å². The van der Waals surface area contributed by atoms with Gasteiger partial charge >= 0.3 is 11.9 Å². The van der Waals surface area contributed by atoms with Gasteiger partial charge in [-0.05, 0) is 109 Å². The Morgan fingerprint density at radius 3 is 0.825 bits per heavy atom. The van der Waals surface area contributed by atoms with E-state index >= 15 is 0 Å². The van der Waals surface area contributed by atoms with Crippen LogP contribution in [-0.4, -0.2) is 82.3 Å². The number of ether oxygens (including phenoxy) is 4. The molecular weight excluding hydrogens is 1200 g/mol. The molecular formula is C88H151NO8. The number of allylic oxidation sites excluding steroid dienone is 22. The lowest BCUT2D eigenvalue weighted by molar-refractivity contribution is -0.870. The molecule has 556 valence electrons. The molecule has 0 heterocycles. The van der Waals surface area contributed by atoms with Crippen molar-refractivity contribution in [3.8, 4) is 0 Å². The second kappa shape index (κ2) is 77.2. The second-order valence-corrected chi connectivity index (χ2v) is 27.9. The van der Waals surface area contributed by atoms with Crippen LogP contribution in [0.1, 0.15) is 348 Å². The summed E-state index contributed by atoms with van der Waals surface area (Å²) >= 11 is 0. The van der Waals surface area contributed by atoms with Crippen LogP contribution in [0, 0.1) is 0 Å². The monoisotopic (exact) mass is 1350 g/mol. The highest BCUT2D eigenvalue weighted by Crippen LogP contribution is 2.19. The van der Waals surface area contributed by atoms with Gasteiger partial charge in [0.25, 0.3) is 0 Å². The molecule has 97 heavy (non-hydrogen) atoms. The zero-order valence-electron chi connectivity index (χ0n) is 63.7.